The Kier molecular flexibility index (Phi) is 9.42. The van der Waals surface area contributed by atoms with E-state index in [4.69, 9.17) is 21.4 Å². The van der Waals surface area contributed by atoms with Gasteiger partial charge in [0.15, 0.2) is 0 Å². The molecule has 0 fully saturated rings. The molecule has 2 heterocycles. The maximum atomic E-state index is 6.40. The van der Waals surface area contributed by atoms with Crippen molar-refractivity contribution in [3.63, 3.8) is 0 Å². The lowest BCUT2D eigenvalue weighted by molar-refractivity contribution is -0.538. The Morgan fingerprint density at radius 3 is 1.19 bits per heavy atom. The van der Waals surface area contributed by atoms with Crippen molar-refractivity contribution in [2.24, 2.45) is 0 Å². The fourth-order valence-corrected chi connectivity index (χ4v) is 7.49. The fourth-order valence-electron chi connectivity index (χ4n) is 7.49. The van der Waals surface area contributed by atoms with Crippen LogP contribution in [-0.2, 0) is 0 Å². The number of nitrogen functional groups attached to an aromatic ring is 2. The molecule has 8 nitrogen and oxygen atoms in total. The number of aryl methyl sites for hydroxylation is 4. The van der Waals surface area contributed by atoms with Crippen LogP contribution in [0.3, 0.4) is 0 Å². The Balaban J connectivity index is 0.935. The number of anilines is 4. The molecule has 8 aromatic rings. The van der Waals surface area contributed by atoms with Crippen LogP contribution in [0.2, 0.25) is 0 Å². The largest absolute Gasteiger partial charge is 0.398 e. The van der Waals surface area contributed by atoms with Crippen molar-refractivity contribution in [2.45, 2.75) is 53.4 Å². The van der Waals surface area contributed by atoms with Crippen LogP contribution in [0, 0.1) is 27.7 Å². The summed E-state index contributed by atoms with van der Waals surface area (Å²) in [6.45, 7) is 10.2. The lowest BCUT2D eigenvalue weighted by Gasteiger charge is -2.13. The number of hydrogen-bond donors (Lipinski definition) is 4. The highest BCUT2D eigenvalue weighted by Crippen LogP contribution is 2.28. The second-order valence-corrected chi connectivity index (χ2v) is 14.5. The second-order valence-electron chi connectivity index (χ2n) is 14.5. The minimum Gasteiger partial charge on any atom is -0.398 e. The van der Waals surface area contributed by atoms with Crippen LogP contribution in [0.1, 0.15) is 47.9 Å². The lowest BCUT2D eigenvalue weighted by atomic mass is 10.1. The zero-order valence-electron chi connectivity index (χ0n) is 31.6. The van der Waals surface area contributed by atoms with Crippen LogP contribution in [0.15, 0.2) is 109 Å². The van der Waals surface area contributed by atoms with Crippen LogP contribution in [0.5, 0.6) is 0 Å². The number of fused-ring (bicyclic) bond motifs is 4. The summed E-state index contributed by atoms with van der Waals surface area (Å²) in [5, 5.41) is 7.47. The first kappa shape index (κ1) is 34.8. The van der Waals surface area contributed by atoms with Gasteiger partial charge in [0.1, 0.15) is 22.1 Å². The minimum atomic E-state index is 0.768. The molecule has 0 aliphatic rings. The molecule has 2 aromatic heterocycles. The number of benzene rings is 6. The molecule has 0 aliphatic carbocycles. The van der Waals surface area contributed by atoms with Crippen LogP contribution in [0.4, 0.5) is 22.7 Å². The number of rotatable bonds is 11. The molecule has 0 spiro atoms. The van der Waals surface area contributed by atoms with Crippen molar-refractivity contribution in [3.8, 4) is 11.4 Å². The molecule has 0 saturated heterocycles. The standard InChI is InChI=1S/C46H46N8/c1-29-21-39-43(25-35(29)47)53(33-15-9-7-10-16-33)45-27-37(31(3)23-41(45)51-39)49-19-13-5-6-14-20-50-38-28-46-42(24-32(38)4)52-40-22-30(2)36(48)26-44(40)54(46)34-17-11-8-12-18-34/h7-12,15-18,21-28H,5-6,13-14,19-20H2,1-4H3,(H4,47,48,49,50)/p+2. The van der Waals surface area contributed by atoms with E-state index < -0.39 is 0 Å². The normalized spacial score (nSPS) is 11.6. The molecule has 0 aliphatic heterocycles. The number of unbranched alkanes of at least 4 members (excludes halogenated alkanes) is 3. The molecule has 6 N–H and O–H groups in total. The third kappa shape index (κ3) is 6.71. The molecule has 0 radical (unpaired) electrons. The second kappa shape index (κ2) is 14.6. The Morgan fingerprint density at radius 2 is 0.796 bits per heavy atom. The van der Waals surface area contributed by atoms with Crippen molar-refractivity contribution >= 4 is 66.9 Å². The zero-order valence-corrected chi connectivity index (χ0v) is 31.6. The first-order chi connectivity index (χ1) is 26.2. The summed E-state index contributed by atoms with van der Waals surface area (Å²) in [7, 11) is 0. The molecule has 8 heteroatoms. The van der Waals surface area contributed by atoms with Crippen molar-refractivity contribution in [2.75, 3.05) is 35.2 Å². The fraction of sp³-hybridized carbons (Fsp3) is 0.217. The summed E-state index contributed by atoms with van der Waals surface area (Å²) in [5.74, 6) is 0. The van der Waals surface area contributed by atoms with Gasteiger partial charge in [0.2, 0.25) is 33.4 Å². The average Bonchev–Trinajstić information content (AvgIpc) is 3.16. The van der Waals surface area contributed by atoms with E-state index in [1.165, 1.54) is 11.1 Å². The number of aromatic nitrogens is 4. The molecular weight excluding hydrogens is 665 g/mol. The number of nitrogens with one attached hydrogen (secondary N) is 2. The molecule has 8 rings (SSSR count). The van der Waals surface area contributed by atoms with Gasteiger partial charge in [-0.25, -0.2) is 9.97 Å². The number of para-hydroxylation sites is 2. The Morgan fingerprint density at radius 1 is 0.444 bits per heavy atom. The molecule has 54 heavy (non-hydrogen) atoms. The third-order valence-electron chi connectivity index (χ3n) is 10.6. The Bertz CT molecular complexity index is 2490. The maximum Gasteiger partial charge on any atom is 0.239 e. The van der Waals surface area contributed by atoms with E-state index in [2.05, 4.69) is 119 Å². The highest BCUT2D eigenvalue weighted by Gasteiger charge is 2.23. The summed E-state index contributed by atoms with van der Waals surface area (Å²) < 4.78 is 4.55. The topological polar surface area (TPSA) is 110 Å². The number of nitrogens with zero attached hydrogens (tertiary/aromatic N) is 4. The molecule has 6 aromatic carbocycles. The summed E-state index contributed by atoms with van der Waals surface area (Å²) in [6, 6.07) is 38.0. The van der Waals surface area contributed by atoms with E-state index in [-0.39, 0.29) is 0 Å². The molecule has 0 atom stereocenters. The van der Waals surface area contributed by atoms with Gasteiger partial charge in [0, 0.05) is 84.4 Å². The van der Waals surface area contributed by atoms with Gasteiger partial charge in [-0.05, 0) is 87.1 Å². The van der Waals surface area contributed by atoms with Gasteiger partial charge in [-0.1, -0.05) is 49.2 Å². The molecule has 0 saturated carbocycles. The van der Waals surface area contributed by atoms with Crippen molar-refractivity contribution in [3.05, 3.63) is 131 Å². The van der Waals surface area contributed by atoms with E-state index in [0.29, 0.717) is 0 Å². The average molecular weight is 713 g/mol. The lowest BCUT2D eigenvalue weighted by Crippen LogP contribution is -2.33. The third-order valence-corrected chi connectivity index (χ3v) is 10.6. The van der Waals surface area contributed by atoms with E-state index in [0.717, 1.165) is 128 Å². The molecule has 0 unspecified atom stereocenters. The van der Waals surface area contributed by atoms with Gasteiger partial charge in [-0.2, -0.15) is 0 Å². The highest BCUT2D eigenvalue weighted by atomic mass is 15.0. The zero-order chi connectivity index (χ0) is 37.3. The van der Waals surface area contributed by atoms with E-state index in [1.54, 1.807) is 0 Å². The SMILES string of the molecule is Cc1cc2nc3cc(C)c(NCCCCCCNc4cc5c(cc4C)nc4cc(C)c(N)cc4[n+]5-c4ccccc4)cc3[n+](-c3ccccc3)c2cc1N. The molecule has 0 amide bonds. The number of hydrogen-bond acceptors (Lipinski definition) is 6. The summed E-state index contributed by atoms with van der Waals surface area (Å²) in [5.41, 5.74) is 31.1. The smallest absolute Gasteiger partial charge is 0.239 e. The summed E-state index contributed by atoms with van der Waals surface area (Å²) >= 11 is 0. The van der Waals surface area contributed by atoms with Crippen LogP contribution in [-0.4, -0.2) is 23.1 Å². The molecular formula is C46H48N8+2. The van der Waals surface area contributed by atoms with Gasteiger partial charge in [0.05, 0.1) is 0 Å². The van der Waals surface area contributed by atoms with Gasteiger partial charge >= 0.3 is 0 Å². The van der Waals surface area contributed by atoms with Crippen LogP contribution in [0.25, 0.3) is 55.5 Å². The van der Waals surface area contributed by atoms with E-state index >= 15 is 0 Å². The predicted molar refractivity (Wildman–Crippen MR) is 225 cm³/mol. The van der Waals surface area contributed by atoms with Crippen LogP contribution < -0.4 is 31.2 Å². The van der Waals surface area contributed by atoms with E-state index in [1.807, 2.05) is 38.1 Å². The molecule has 270 valence electrons. The summed E-state index contributed by atoms with van der Waals surface area (Å²) in [6.07, 6.45) is 4.49. The Labute approximate surface area is 316 Å². The van der Waals surface area contributed by atoms with Gasteiger partial charge < -0.3 is 22.1 Å². The van der Waals surface area contributed by atoms with Crippen molar-refractivity contribution in [1.29, 1.82) is 0 Å². The quantitative estimate of drug-likeness (QED) is 0.0461. The number of nitrogens with two attached hydrogens (primary N) is 2. The summed E-state index contributed by atoms with van der Waals surface area (Å²) in [4.78, 5) is 10.1. The van der Waals surface area contributed by atoms with Gasteiger partial charge in [-0.15, -0.1) is 9.13 Å². The van der Waals surface area contributed by atoms with Gasteiger partial charge in [0.25, 0.3) is 0 Å². The monoisotopic (exact) mass is 712 g/mol. The maximum absolute atomic E-state index is 6.40. The minimum absolute atomic E-state index is 0.768. The Hall–Kier alpha value is -6.28. The van der Waals surface area contributed by atoms with Crippen molar-refractivity contribution in [1.82, 2.24) is 9.97 Å². The first-order valence-electron chi connectivity index (χ1n) is 19.0. The predicted octanol–water partition coefficient (Wildman–Crippen LogP) is 9.13. The molecule has 0 bridgehead atoms. The van der Waals surface area contributed by atoms with Gasteiger partial charge in [-0.3, -0.25) is 0 Å². The van der Waals surface area contributed by atoms with Crippen molar-refractivity contribution < 1.29 is 9.13 Å². The van der Waals surface area contributed by atoms with Crippen LogP contribution >= 0.6 is 0 Å². The first-order valence-corrected chi connectivity index (χ1v) is 19.0. The van der Waals surface area contributed by atoms with E-state index in [9.17, 15) is 0 Å². The highest BCUT2D eigenvalue weighted by molar-refractivity contribution is 5.88.